The molecule has 0 bridgehead atoms. The minimum absolute atomic E-state index is 0.0961. The number of cyclic esters (lactones) is 1. The van der Waals surface area contributed by atoms with Crippen LogP contribution in [0.2, 0.25) is 10.0 Å². The van der Waals surface area contributed by atoms with Gasteiger partial charge < -0.3 is 47.9 Å². The van der Waals surface area contributed by atoms with Gasteiger partial charge in [0.25, 0.3) is 0 Å². The number of esters is 1. The number of hydrogen-bond acceptors (Lipinski definition) is 13. The van der Waals surface area contributed by atoms with Gasteiger partial charge in [-0.1, -0.05) is 76.2 Å². The molecule has 4 saturated heterocycles. The number of methoxy groups -OCH3 is 2. The summed E-state index contributed by atoms with van der Waals surface area (Å²) in [5.41, 5.74) is -2.74. The molecule has 0 spiro atoms. The largest absolute Gasteiger partial charge is 0.458 e. The van der Waals surface area contributed by atoms with E-state index in [1.807, 2.05) is 47.6 Å². The van der Waals surface area contributed by atoms with E-state index < -0.39 is 102 Å². The van der Waals surface area contributed by atoms with Gasteiger partial charge in [0.2, 0.25) is 0 Å². The molecule has 386 valence electrons. The van der Waals surface area contributed by atoms with E-state index in [0.29, 0.717) is 28.9 Å². The van der Waals surface area contributed by atoms with Gasteiger partial charge in [0.1, 0.15) is 18.0 Å². The Kier molecular flexibility index (Phi) is 18.5. The van der Waals surface area contributed by atoms with Crippen molar-refractivity contribution in [3.8, 4) is 0 Å². The highest BCUT2D eigenvalue weighted by molar-refractivity contribution is 6.42. The molecule has 0 radical (unpaired) electrons. The van der Waals surface area contributed by atoms with Crippen molar-refractivity contribution in [2.24, 2.45) is 23.7 Å². The highest BCUT2D eigenvalue weighted by Gasteiger charge is 2.61. The number of rotatable bonds is 12. The van der Waals surface area contributed by atoms with Crippen LogP contribution in [0.25, 0.3) is 0 Å². The summed E-state index contributed by atoms with van der Waals surface area (Å²) in [5.74, 6) is -3.60. The Morgan fingerprint density at radius 1 is 0.838 bits per heavy atom. The van der Waals surface area contributed by atoms with E-state index in [0.717, 1.165) is 12.0 Å². The van der Waals surface area contributed by atoms with E-state index in [1.54, 1.807) is 52.0 Å². The predicted molar refractivity (Wildman–Crippen MR) is 260 cm³/mol. The van der Waals surface area contributed by atoms with Crippen LogP contribution in [0.5, 0.6) is 0 Å². The Morgan fingerprint density at radius 2 is 1.51 bits per heavy atom. The first kappa shape index (κ1) is 55.2. The second-order valence-corrected chi connectivity index (χ2v) is 22.4. The molecule has 17 atom stereocenters. The molecule has 1 N–H and O–H groups in total. The van der Waals surface area contributed by atoms with Crippen LogP contribution >= 0.6 is 23.2 Å². The third-order valence-electron chi connectivity index (χ3n) is 16.7. The first-order chi connectivity index (χ1) is 32.0. The minimum atomic E-state index is -1.43. The number of ketones is 1. The molecule has 14 nitrogen and oxygen atoms in total. The van der Waals surface area contributed by atoms with Crippen LogP contribution in [0, 0.1) is 23.7 Å². The zero-order chi connectivity index (χ0) is 50.0. The minimum Gasteiger partial charge on any atom is -0.458 e. The fourth-order valence-electron chi connectivity index (χ4n) is 12.4. The number of aliphatic hydroxyl groups is 1. The van der Waals surface area contributed by atoms with Crippen LogP contribution in [0.1, 0.15) is 139 Å². The lowest BCUT2D eigenvalue weighted by Crippen LogP contribution is -2.60. The van der Waals surface area contributed by atoms with Crippen molar-refractivity contribution in [3.05, 3.63) is 33.8 Å². The maximum absolute atomic E-state index is 15.2. The number of carbonyl (C=O) groups is 3. The molecule has 1 amide bonds. The zero-order valence-corrected chi connectivity index (χ0v) is 44.5. The highest BCUT2D eigenvalue weighted by atomic mass is 35.5. The number of halogens is 2. The highest BCUT2D eigenvalue weighted by Crippen LogP contribution is 2.45. The van der Waals surface area contributed by atoms with Crippen molar-refractivity contribution in [2.45, 2.75) is 224 Å². The molecule has 68 heavy (non-hydrogen) atoms. The van der Waals surface area contributed by atoms with Gasteiger partial charge in [-0.25, -0.2) is 4.79 Å². The summed E-state index contributed by atoms with van der Waals surface area (Å²) in [6.07, 6.45) is 2.09. The van der Waals surface area contributed by atoms with E-state index in [9.17, 15) is 14.7 Å². The summed E-state index contributed by atoms with van der Waals surface area (Å²) >= 11 is 12.6. The SMILES string of the molecule is CC[C@H]1OC(=O)[C@H](C)[C@@H](O[C@H]2C[C@@](C)(OC)[C@@H](O)[C@H](C)O2)[C@H](C)[C@@H](O[C@H]2C[C@@H](N(C)C3CCCCC3)C[C@@H](C)O2)[C@@](C)(OC)C[C@@H](C)C(=O)[C@H](C)[C@H]2N(CCc3ccc(Cl)c(Cl)c3)C(=O)O[C@]12C. The summed E-state index contributed by atoms with van der Waals surface area (Å²) in [4.78, 5) is 48.4. The Morgan fingerprint density at radius 3 is 2.15 bits per heavy atom. The van der Waals surface area contributed by atoms with Crippen molar-refractivity contribution in [1.82, 2.24) is 9.80 Å². The Hall–Kier alpha value is -2.11. The van der Waals surface area contributed by atoms with Crippen LogP contribution in [-0.4, -0.2) is 145 Å². The van der Waals surface area contributed by atoms with Crippen LogP contribution in [0.15, 0.2) is 18.2 Å². The first-order valence-corrected chi connectivity index (χ1v) is 26.1. The molecule has 6 rings (SSSR count). The van der Waals surface area contributed by atoms with E-state index in [-0.39, 0.29) is 43.7 Å². The average Bonchev–Trinajstić information content (AvgIpc) is 3.58. The fraction of sp³-hybridized carbons (Fsp3) is 0.827. The van der Waals surface area contributed by atoms with Crippen molar-refractivity contribution >= 4 is 41.0 Å². The fourth-order valence-corrected chi connectivity index (χ4v) is 12.8. The quantitative estimate of drug-likeness (QED) is 0.198. The summed E-state index contributed by atoms with van der Waals surface area (Å²) in [6.45, 7) is 18.9. The number of benzene rings is 1. The summed E-state index contributed by atoms with van der Waals surface area (Å²) in [5, 5.41) is 12.0. The molecule has 5 fully saturated rings. The van der Waals surface area contributed by atoms with Gasteiger partial charge in [-0.2, -0.15) is 0 Å². The number of carbonyl (C=O) groups excluding carboxylic acids is 3. The summed E-state index contributed by atoms with van der Waals surface area (Å²) in [6, 6.07) is 5.22. The van der Waals surface area contributed by atoms with Gasteiger partial charge in [0.15, 0.2) is 18.2 Å². The molecular formula is C52H82Cl2N2O12. The molecule has 0 unspecified atom stereocenters. The number of ether oxygens (including phenoxy) is 8. The second-order valence-electron chi connectivity index (χ2n) is 21.5. The van der Waals surface area contributed by atoms with E-state index in [1.165, 1.54) is 32.1 Å². The van der Waals surface area contributed by atoms with Gasteiger partial charge in [-0.3, -0.25) is 14.5 Å². The van der Waals surface area contributed by atoms with E-state index in [2.05, 4.69) is 18.9 Å². The Balaban J connectivity index is 1.42. The maximum Gasteiger partial charge on any atom is 0.410 e. The number of fused-ring (bicyclic) bond motifs is 1. The summed E-state index contributed by atoms with van der Waals surface area (Å²) in [7, 11) is 5.40. The van der Waals surface area contributed by atoms with Gasteiger partial charge in [-0.05, 0) is 105 Å². The lowest BCUT2D eigenvalue weighted by atomic mass is 9.73. The van der Waals surface area contributed by atoms with Crippen LogP contribution in [-0.2, 0) is 53.9 Å². The van der Waals surface area contributed by atoms with E-state index in [4.69, 9.17) is 61.1 Å². The predicted octanol–water partition coefficient (Wildman–Crippen LogP) is 9.19. The Bertz CT molecular complexity index is 1890. The third-order valence-corrected chi connectivity index (χ3v) is 17.4. The topological polar surface area (TPSA) is 152 Å². The molecule has 5 aliphatic rings. The average molecular weight is 998 g/mol. The number of amides is 1. The lowest BCUT2D eigenvalue weighted by Gasteiger charge is -2.49. The molecule has 1 aromatic rings. The second kappa shape index (κ2) is 22.8. The van der Waals surface area contributed by atoms with Crippen molar-refractivity contribution in [3.63, 3.8) is 0 Å². The lowest BCUT2D eigenvalue weighted by molar-refractivity contribution is -0.309. The number of Topliss-reactive ketones (excluding diaryl/α,β-unsaturated/α-hetero) is 1. The van der Waals surface area contributed by atoms with Gasteiger partial charge in [0.05, 0.1) is 57.6 Å². The van der Waals surface area contributed by atoms with Gasteiger partial charge in [0, 0.05) is 63.4 Å². The molecule has 1 aliphatic carbocycles. The van der Waals surface area contributed by atoms with Crippen LogP contribution < -0.4 is 0 Å². The number of hydrogen-bond donors (Lipinski definition) is 1. The maximum atomic E-state index is 15.2. The van der Waals surface area contributed by atoms with E-state index >= 15 is 4.79 Å². The van der Waals surface area contributed by atoms with Crippen molar-refractivity contribution < 1.29 is 57.4 Å². The standard InChI is InChI=1S/C52H82Cl2N2O12/c1-14-40-52(10)45(56(49(60)68-52)23-22-35-20-21-38(53)39(54)25-35)31(4)43(57)29(2)27-51(9,62-13)47(67-41-26-37(24-30(3)63-41)55(11)36-18-16-15-17-19-36)32(5)44(33(6)48(59)65-40)66-42-28-50(8,61-12)46(58)34(7)64-42/h20-21,25,29-34,36-37,40-42,44-47,58H,14-19,22-24,26-28H2,1-13H3/t29-,30-,31+,32+,33-,34+,37+,40-,41+,42+,44+,45-,46+,47-,50-,51+,52-/m1/s1. The Labute approximate surface area is 416 Å². The zero-order valence-electron chi connectivity index (χ0n) is 43.0. The third kappa shape index (κ3) is 11.7. The number of aliphatic hydroxyl groups excluding tert-OH is 1. The molecule has 4 heterocycles. The normalized spacial score (nSPS) is 41.5. The van der Waals surface area contributed by atoms with Crippen LogP contribution in [0.3, 0.4) is 0 Å². The van der Waals surface area contributed by atoms with Gasteiger partial charge in [-0.15, -0.1) is 0 Å². The molecule has 1 aromatic carbocycles. The summed E-state index contributed by atoms with van der Waals surface area (Å²) < 4.78 is 52.6. The molecule has 16 heteroatoms. The van der Waals surface area contributed by atoms with Crippen molar-refractivity contribution in [1.29, 1.82) is 0 Å². The van der Waals surface area contributed by atoms with Gasteiger partial charge >= 0.3 is 12.1 Å². The molecule has 0 aromatic heterocycles. The first-order valence-electron chi connectivity index (χ1n) is 25.3. The number of nitrogens with zero attached hydrogens (tertiary/aromatic N) is 2. The monoisotopic (exact) mass is 997 g/mol. The molecular weight excluding hydrogens is 915 g/mol. The molecule has 1 saturated carbocycles. The van der Waals surface area contributed by atoms with Crippen molar-refractivity contribution in [2.75, 3.05) is 27.8 Å². The van der Waals surface area contributed by atoms with Crippen LogP contribution in [0.4, 0.5) is 4.79 Å². The smallest absolute Gasteiger partial charge is 0.410 e. The molecule has 4 aliphatic heterocycles.